The van der Waals surface area contributed by atoms with Crippen molar-refractivity contribution in [2.75, 3.05) is 23.5 Å². The summed E-state index contributed by atoms with van der Waals surface area (Å²) in [5.74, 6) is 4.99. The van der Waals surface area contributed by atoms with Crippen molar-refractivity contribution in [3.05, 3.63) is 22.3 Å². The Morgan fingerprint density at radius 2 is 2.22 bits per heavy atom. The van der Waals surface area contributed by atoms with Crippen LogP contribution in [0.1, 0.15) is 27.7 Å². The van der Waals surface area contributed by atoms with Gasteiger partial charge >= 0.3 is 5.97 Å². The molecular weight excluding hydrogens is 338 g/mol. The molecule has 8 nitrogen and oxygen atoms in total. The minimum Gasteiger partial charge on any atom is -0.462 e. The number of thiophene rings is 1. The topological polar surface area (TPSA) is 112 Å². The quantitative estimate of drug-likeness (QED) is 0.459. The van der Waals surface area contributed by atoms with Crippen molar-refractivity contribution < 1.29 is 14.3 Å². The lowest BCUT2D eigenvalue weighted by Crippen LogP contribution is -2.17. The molecule has 1 amide bonds. The van der Waals surface area contributed by atoms with Crippen LogP contribution in [0.25, 0.3) is 0 Å². The van der Waals surface area contributed by atoms with Gasteiger partial charge in [-0.15, -0.1) is 21.5 Å². The van der Waals surface area contributed by atoms with Gasteiger partial charge in [-0.3, -0.25) is 4.79 Å². The molecule has 0 aliphatic rings. The van der Waals surface area contributed by atoms with Crippen molar-refractivity contribution in [1.82, 2.24) is 14.9 Å². The Balaban J connectivity index is 2.07. The van der Waals surface area contributed by atoms with E-state index in [9.17, 15) is 9.59 Å². The number of nitrogens with one attached hydrogen (secondary N) is 1. The average molecular weight is 355 g/mol. The Bertz CT molecular complexity index is 725. The van der Waals surface area contributed by atoms with E-state index in [4.69, 9.17) is 10.6 Å². The van der Waals surface area contributed by atoms with E-state index in [1.807, 2.05) is 13.8 Å². The Labute approximate surface area is 141 Å². The highest BCUT2D eigenvalue weighted by Gasteiger charge is 2.22. The number of aryl methyl sites for hydroxylation is 1. The number of amides is 1. The summed E-state index contributed by atoms with van der Waals surface area (Å²) in [6.45, 7) is 5.75. The van der Waals surface area contributed by atoms with Crippen LogP contribution in [0.2, 0.25) is 0 Å². The maximum Gasteiger partial charge on any atom is 0.341 e. The number of thioether (sulfide) groups is 1. The fourth-order valence-corrected chi connectivity index (χ4v) is 3.49. The normalized spacial score (nSPS) is 10.6. The molecule has 0 saturated heterocycles. The van der Waals surface area contributed by atoms with Crippen molar-refractivity contribution in [2.45, 2.75) is 25.9 Å². The van der Waals surface area contributed by atoms with Gasteiger partial charge in [0.25, 0.3) is 0 Å². The third-order valence-corrected chi connectivity index (χ3v) is 5.07. The lowest BCUT2D eigenvalue weighted by atomic mass is 10.1. The first kappa shape index (κ1) is 17.3. The zero-order chi connectivity index (χ0) is 17.0. The molecule has 0 bridgehead atoms. The minimum absolute atomic E-state index is 0.105. The molecule has 0 aliphatic carbocycles. The number of ether oxygens (including phenoxy) is 1. The molecule has 0 unspecified atom stereocenters. The van der Waals surface area contributed by atoms with E-state index < -0.39 is 5.97 Å². The maximum absolute atomic E-state index is 12.1. The predicted molar refractivity (Wildman–Crippen MR) is 89.3 cm³/mol. The van der Waals surface area contributed by atoms with Crippen LogP contribution in [-0.2, 0) is 9.53 Å². The molecule has 10 heteroatoms. The van der Waals surface area contributed by atoms with Gasteiger partial charge in [-0.1, -0.05) is 11.8 Å². The maximum atomic E-state index is 12.1. The molecule has 2 rings (SSSR count). The molecule has 0 aromatic carbocycles. The van der Waals surface area contributed by atoms with E-state index in [1.165, 1.54) is 22.3 Å². The van der Waals surface area contributed by atoms with Crippen LogP contribution in [0, 0.1) is 13.8 Å². The summed E-state index contributed by atoms with van der Waals surface area (Å²) in [5, 5.41) is 11.1. The van der Waals surface area contributed by atoms with Crippen LogP contribution in [0.5, 0.6) is 0 Å². The monoisotopic (exact) mass is 355 g/mol. The molecule has 0 saturated carbocycles. The number of rotatable bonds is 6. The molecule has 0 radical (unpaired) electrons. The summed E-state index contributed by atoms with van der Waals surface area (Å²) in [5.41, 5.74) is 1.23. The van der Waals surface area contributed by atoms with E-state index in [0.29, 0.717) is 15.7 Å². The number of hydrogen-bond acceptors (Lipinski definition) is 8. The van der Waals surface area contributed by atoms with Crippen LogP contribution in [-0.4, -0.2) is 39.1 Å². The number of aromatic nitrogens is 3. The van der Waals surface area contributed by atoms with Crippen molar-refractivity contribution in [3.63, 3.8) is 0 Å². The number of carbonyl (C=O) groups is 2. The zero-order valence-electron chi connectivity index (χ0n) is 13.0. The van der Waals surface area contributed by atoms with E-state index in [1.54, 1.807) is 6.92 Å². The number of anilines is 1. The van der Waals surface area contributed by atoms with E-state index in [-0.39, 0.29) is 18.3 Å². The highest BCUT2D eigenvalue weighted by atomic mass is 32.2. The van der Waals surface area contributed by atoms with E-state index in [2.05, 4.69) is 15.5 Å². The van der Waals surface area contributed by atoms with Crippen molar-refractivity contribution >= 4 is 40.0 Å². The number of esters is 1. The number of carbonyl (C=O) groups excluding carboxylic acids is 2. The second-order valence-corrected chi connectivity index (χ2v) is 6.73. The Morgan fingerprint density at radius 1 is 1.48 bits per heavy atom. The van der Waals surface area contributed by atoms with Crippen molar-refractivity contribution in [2.24, 2.45) is 0 Å². The Morgan fingerprint density at radius 3 is 2.83 bits per heavy atom. The van der Waals surface area contributed by atoms with E-state index in [0.717, 1.165) is 22.2 Å². The van der Waals surface area contributed by atoms with Gasteiger partial charge in [0.15, 0.2) is 0 Å². The fourth-order valence-electron chi connectivity index (χ4n) is 1.79. The average Bonchev–Trinajstić information content (AvgIpc) is 3.01. The predicted octanol–water partition coefficient (Wildman–Crippen LogP) is 1.58. The number of nitrogens with two attached hydrogens (primary N) is 1. The molecule has 0 fully saturated rings. The molecule has 2 aromatic rings. The number of nitrogen functional groups attached to an aromatic ring is 1. The molecule has 2 aromatic heterocycles. The summed E-state index contributed by atoms with van der Waals surface area (Å²) < 4.78 is 6.29. The van der Waals surface area contributed by atoms with E-state index >= 15 is 0 Å². The second kappa shape index (κ2) is 7.47. The standard InChI is InChI=1S/C13H17N5O3S2/c1-4-21-12(20)10-7(2)8(3)23-11(10)16-9(19)5-22-13-17-15-6-18(13)14/h6H,4-5,14H2,1-3H3,(H,16,19). The van der Waals surface area contributed by atoms with Crippen LogP contribution >= 0.6 is 23.1 Å². The molecule has 0 aliphatic heterocycles. The molecule has 0 atom stereocenters. The molecule has 0 spiro atoms. The van der Waals surface area contributed by atoms with Crippen LogP contribution in [0.4, 0.5) is 5.00 Å². The van der Waals surface area contributed by atoms with Gasteiger partial charge in [0, 0.05) is 4.88 Å². The summed E-state index contributed by atoms with van der Waals surface area (Å²) in [7, 11) is 0. The minimum atomic E-state index is -0.431. The lowest BCUT2D eigenvalue weighted by molar-refractivity contribution is -0.113. The van der Waals surface area contributed by atoms with Gasteiger partial charge in [0.05, 0.1) is 17.9 Å². The van der Waals surface area contributed by atoms with Gasteiger partial charge < -0.3 is 15.9 Å². The molecule has 23 heavy (non-hydrogen) atoms. The van der Waals surface area contributed by atoms with Gasteiger partial charge in [-0.2, -0.15) is 0 Å². The van der Waals surface area contributed by atoms with Crippen LogP contribution < -0.4 is 11.2 Å². The highest BCUT2D eigenvalue weighted by Crippen LogP contribution is 2.33. The highest BCUT2D eigenvalue weighted by molar-refractivity contribution is 7.99. The lowest BCUT2D eigenvalue weighted by Gasteiger charge is -2.07. The van der Waals surface area contributed by atoms with Gasteiger partial charge in [-0.05, 0) is 26.3 Å². The van der Waals surface area contributed by atoms with Crippen molar-refractivity contribution in [3.8, 4) is 0 Å². The summed E-state index contributed by atoms with van der Waals surface area (Å²) in [6.07, 6.45) is 1.35. The first-order valence-electron chi connectivity index (χ1n) is 6.78. The third kappa shape index (κ3) is 4.02. The number of nitrogens with zero attached hydrogens (tertiary/aromatic N) is 3. The molecular formula is C13H17N5O3S2. The smallest absolute Gasteiger partial charge is 0.341 e. The van der Waals surface area contributed by atoms with Gasteiger partial charge in [-0.25, -0.2) is 9.47 Å². The first-order chi connectivity index (χ1) is 10.9. The molecule has 2 heterocycles. The Kier molecular flexibility index (Phi) is 5.61. The SMILES string of the molecule is CCOC(=O)c1c(NC(=O)CSc2nncn2N)sc(C)c1C. The van der Waals surface area contributed by atoms with Crippen molar-refractivity contribution in [1.29, 1.82) is 0 Å². The van der Waals surface area contributed by atoms with Crippen LogP contribution in [0.3, 0.4) is 0 Å². The molecule has 124 valence electrons. The largest absolute Gasteiger partial charge is 0.462 e. The zero-order valence-corrected chi connectivity index (χ0v) is 14.6. The van der Waals surface area contributed by atoms with Crippen LogP contribution in [0.15, 0.2) is 11.5 Å². The third-order valence-electron chi connectivity index (χ3n) is 2.99. The molecule has 3 N–H and O–H groups in total. The Hall–Kier alpha value is -2.07. The summed E-state index contributed by atoms with van der Waals surface area (Å²) in [6, 6.07) is 0. The summed E-state index contributed by atoms with van der Waals surface area (Å²) in [4.78, 5) is 25.1. The van der Waals surface area contributed by atoms with Gasteiger partial charge in [0.1, 0.15) is 11.3 Å². The first-order valence-corrected chi connectivity index (χ1v) is 8.59. The second-order valence-electron chi connectivity index (χ2n) is 4.57. The van der Waals surface area contributed by atoms with Gasteiger partial charge in [0.2, 0.25) is 11.1 Å². The summed E-state index contributed by atoms with van der Waals surface area (Å²) >= 11 is 2.51. The fraction of sp³-hybridized carbons (Fsp3) is 0.385. The number of hydrogen-bond donors (Lipinski definition) is 2.